The van der Waals surface area contributed by atoms with Crippen molar-refractivity contribution in [2.45, 2.75) is 27.2 Å². The Kier molecular flexibility index (Phi) is 7.34. The standard InChI is InChI=1S/C13H28NO5PS/c1-5-12-8-14(9-13(12)10-21(4,16)17)11-20(15,18-6-2)19-7-3/h12-13H,5-11H2,1-4H3/p+1. The third kappa shape index (κ3) is 6.37. The molecule has 3 atom stereocenters. The number of hydrogen-bond donors (Lipinski definition) is 1. The minimum atomic E-state index is -3.07. The van der Waals surface area contributed by atoms with Gasteiger partial charge in [0.05, 0.1) is 32.1 Å². The van der Waals surface area contributed by atoms with E-state index in [4.69, 9.17) is 9.05 Å². The van der Waals surface area contributed by atoms with Gasteiger partial charge in [-0.3, -0.25) is 4.57 Å². The van der Waals surface area contributed by atoms with Crippen LogP contribution in [-0.4, -0.2) is 53.0 Å². The van der Waals surface area contributed by atoms with E-state index in [-0.39, 0.29) is 11.7 Å². The number of nitrogens with one attached hydrogen (secondary N) is 1. The highest BCUT2D eigenvalue weighted by Crippen LogP contribution is 2.46. The lowest BCUT2D eigenvalue weighted by Crippen LogP contribution is -3.10. The zero-order chi connectivity index (χ0) is 16.1. The van der Waals surface area contributed by atoms with Gasteiger partial charge >= 0.3 is 7.60 Å². The maximum absolute atomic E-state index is 12.6. The predicted molar refractivity (Wildman–Crippen MR) is 83.4 cm³/mol. The van der Waals surface area contributed by atoms with Crippen LogP contribution in [0, 0.1) is 11.8 Å². The molecule has 0 bridgehead atoms. The molecular weight excluding hydrogens is 313 g/mol. The van der Waals surface area contributed by atoms with E-state index in [9.17, 15) is 13.0 Å². The quantitative estimate of drug-likeness (QED) is 0.627. The molecule has 21 heavy (non-hydrogen) atoms. The second kappa shape index (κ2) is 8.06. The fourth-order valence-electron chi connectivity index (χ4n) is 3.14. The third-order valence-corrected chi connectivity index (χ3v) is 7.05. The largest absolute Gasteiger partial charge is 0.384 e. The van der Waals surface area contributed by atoms with Crippen LogP contribution < -0.4 is 4.90 Å². The molecule has 3 unspecified atom stereocenters. The summed E-state index contributed by atoms with van der Waals surface area (Å²) < 4.78 is 46.3. The van der Waals surface area contributed by atoms with E-state index in [2.05, 4.69) is 6.92 Å². The van der Waals surface area contributed by atoms with Crippen molar-refractivity contribution in [2.24, 2.45) is 11.8 Å². The van der Waals surface area contributed by atoms with E-state index in [1.165, 1.54) is 6.26 Å². The monoisotopic (exact) mass is 342 g/mol. The summed E-state index contributed by atoms with van der Waals surface area (Å²) in [5.41, 5.74) is 0. The zero-order valence-electron chi connectivity index (χ0n) is 13.5. The van der Waals surface area contributed by atoms with Crippen LogP contribution in [0.3, 0.4) is 0 Å². The fourth-order valence-corrected chi connectivity index (χ4v) is 6.16. The number of rotatable bonds is 9. The topological polar surface area (TPSA) is 74.1 Å². The highest BCUT2D eigenvalue weighted by atomic mass is 32.2. The lowest BCUT2D eigenvalue weighted by atomic mass is 9.96. The van der Waals surface area contributed by atoms with Gasteiger partial charge in [-0.2, -0.15) is 0 Å². The molecule has 8 heteroatoms. The summed E-state index contributed by atoms with van der Waals surface area (Å²) in [7, 11) is -6.05. The van der Waals surface area contributed by atoms with Crippen LogP contribution >= 0.6 is 7.60 Å². The summed E-state index contributed by atoms with van der Waals surface area (Å²) in [5.74, 6) is 0.700. The summed E-state index contributed by atoms with van der Waals surface area (Å²) in [6.07, 6.45) is 2.55. The molecule has 0 radical (unpaired) electrons. The smallest absolute Gasteiger partial charge is 0.324 e. The Balaban J connectivity index is 2.71. The van der Waals surface area contributed by atoms with Gasteiger partial charge in [0.1, 0.15) is 9.84 Å². The van der Waals surface area contributed by atoms with Crippen LogP contribution in [0.2, 0.25) is 0 Å². The van der Waals surface area contributed by atoms with Gasteiger partial charge in [-0.25, -0.2) is 8.42 Å². The van der Waals surface area contributed by atoms with Gasteiger partial charge in [0.2, 0.25) is 0 Å². The number of hydrogen-bond acceptors (Lipinski definition) is 5. The molecule has 1 aliphatic rings. The van der Waals surface area contributed by atoms with Crippen molar-refractivity contribution in [3.63, 3.8) is 0 Å². The van der Waals surface area contributed by atoms with E-state index < -0.39 is 17.4 Å². The molecule has 6 nitrogen and oxygen atoms in total. The normalized spacial score (nSPS) is 27.1. The maximum Gasteiger partial charge on any atom is 0.384 e. The fraction of sp³-hybridized carbons (Fsp3) is 1.00. The zero-order valence-corrected chi connectivity index (χ0v) is 15.2. The number of sulfone groups is 1. The van der Waals surface area contributed by atoms with Crippen molar-refractivity contribution in [3.05, 3.63) is 0 Å². The minimum Gasteiger partial charge on any atom is -0.324 e. The molecule has 0 aliphatic carbocycles. The molecule has 0 aromatic heterocycles. The van der Waals surface area contributed by atoms with Gasteiger partial charge in [0, 0.05) is 18.1 Å². The molecule has 0 aromatic carbocycles. The molecule has 0 spiro atoms. The summed E-state index contributed by atoms with van der Waals surface area (Å²) in [6, 6.07) is 0. The first kappa shape index (κ1) is 19.1. The summed E-state index contributed by atoms with van der Waals surface area (Å²) in [5, 5.41) is 0. The van der Waals surface area contributed by atoms with E-state index >= 15 is 0 Å². The summed E-state index contributed by atoms with van der Waals surface area (Å²) in [4.78, 5) is 1.13. The van der Waals surface area contributed by atoms with Gasteiger partial charge < -0.3 is 13.9 Å². The second-order valence-electron chi connectivity index (χ2n) is 5.78. The van der Waals surface area contributed by atoms with Gasteiger partial charge in [0.25, 0.3) is 0 Å². The van der Waals surface area contributed by atoms with Crippen LogP contribution in [0.1, 0.15) is 27.2 Å². The molecule has 0 saturated carbocycles. The Morgan fingerprint density at radius 3 is 2.05 bits per heavy atom. The molecule has 1 fully saturated rings. The van der Waals surface area contributed by atoms with Crippen LogP contribution in [0.5, 0.6) is 0 Å². The Labute approximate surface area is 128 Å². The second-order valence-corrected chi connectivity index (χ2v) is 10.0. The average molecular weight is 342 g/mol. The van der Waals surface area contributed by atoms with Crippen molar-refractivity contribution < 1.29 is 26.9 Å². The average Bonchev–Trinajstić information content (AvgIpc) is 2.68. The van der Waals surface area contributed by atoms with Crippen molar-refractivity contribution in [1.29, 1.82) is 0 Å². The third-order valence-electron chi connectivity index (χ3n) is 3.88. The molecule has 1 N–H and O–H groups in total. The number of likely N-dealkylation sites (tertiary alicyclic amines) is 1. The van der Waals surface area contributed by atoms with Crippen LogP contribution in [0.25, 0.3) is 0 Å². The summed E-state index contributed by atoms with van der Waals surface area (Å²) >= 11 is 0. The van der Waals surface area contributed by atoms with Gasteiger partial charge in [-0.1, -0.05) is 6.92 Å². The lowest BCUT2D eigenvalue weighted by Gasteiger charge is -2.20. The van der Waals surface area contributed by atoms with E-state index in [1.807, 2.05) is 0 Å². The Hall–Kier alpha value is 0.0600. The molecule has 126 valence electrons. The molecule has 1 aliphatic heterocycles. The van der Waals surface area contributed by atoms with Crippen molar-refractivity contribution in [1.82, 2.24) is 0 Å². The predicted octanol–water partition coefficient (Wildman–Crippen LogP) is 0.796. The number of quaternary nitrogens is 1. The first-order valence-corrected chi connectivity index (χ1v) is 11.4. The van der Waals surface area contributed by atoms with E-state index in [1.54, 1.807) is 13.8 Å². The van der Waals surface area contributed by atoms with Crippen LogP contribution in [0.4, 0.5) is 0 Å². The van der Waals surface area contributed by atoms with E-state index in [0.717, 1.165) is 24.4 Å². The molecule has 0 aromatic rings. The van der Waals surface area contributed by atoms with Crippen molar-refractivity contribution in [2.75, 3.05) is 44.6 Å². The molecule has 0 amide bonds. The van der Waals surface area contributed by atoms with Gasteiger partial charge in [-0.15, -0.1) is 0 Å². The Morgan fingerprint density at radius 2 is 1.62 bits per heavy atom. The first-order chi connectivity index (χ1) is 9.73. The highest BCUT2D eigenvalue weighted by Gasteiger charge is 2.41. The Bertz CT molecular complexity index is 457. The van der Waals surface area contributed by atoms with Crippen LogP contribution in [0.15, 0.2) is 0 Å². The van der Waals surface area contributed by atoms with E-state index in [0.29, 0.717) is 25.4 Å². The Morgan fingerprint density at radius 1 is 1.10 bits per heavy atom. The van der Waals surface area contributed by atoms with Crippen LogP contribution in [-0.2, 0) is 23.4 Å². The molecule has 1 rings (SSSR count). The van der Waals surface area contributed by atoms with Gasteiger partial charge in [0.15, 0.2) is 6.29 Å². The molecule has 1 heterocycles. The molecule has 1 saturated heterocycles. The first-order valence-electron chi connectivity index (χ1n) is 7.62. The lowest BCUT2D eigenvalue weighted by molar-refractivity contribution is -0.879. The van der Waals surface area contributed by atoms with Crippen molar-refractivity contribution >= 4 is 17.4 Å². The summed E-state index contributed by atoms with van der Waals surface area (Å²) in [6.45, 7) is 7.94. The maximum atomic E-state index is 12.6. The minimum absolute atomic E-state index is 0.136. The SMILES string of the molecule is CCOP(=O)(C[NH+]1CC(CC)C(CS(C)(=O)=O)C1)OCC. The van der Waals surface area contributed by atoms with Crippen molar-refractivity contribution in [3.8, 4) is 0 Å². The highest BCUT2D eigenvalue weighted by molar-refractivity contribution is 7.90. The van der Waals surface area contributed by atoms with Gasteiger partial charge in [-0.05, 0) is 20.3 Å². The molecular formula is C13H29NO5PS+.